The van der Waals surface area contributed by atoms with Crippen molar-refractivity contribution in [2.75, 3.05) is 18.5 Å². The van der Waals surface area contributed by atoms with Gasteiger partial charge in [-0.3, -0.25) is 4.79 Å². The summed E-state index contributed by atoms with van der Waals surface area (Å²) in [5, 5.41) is 2.73. The highest BCUT2D eigenvalue weighted by Gasteiger charge is 2.22. The van der Waals surface area contributed by atoms with Gasteiger partial charge < -0.3 is 14.8 Å². The van der Waals surface area contributed by atoms with E-state index in [1.54, 1.807) is 7.05 Å². The molecular weight excluding hydrogens is 456 g/mol. The maximum Gasteiger partial charge on any atom is 0.251 e. The van der Waals surface area contributed by atoms with Gasteiger partial charge in [0.05, 0.1) is 0 Å². The fourth-order valence-electron chi connectivity index (χ4n) is 3.50. The molecule has 208 valence electrons. The number of rotatable bonds is 3. The van der Waals surface area contributed by atoms with E-state index < -0.39 is 0 Å². The van der Waals surface area contributed by atoms with Crippen LogP contribution in [0.4, 0.5) is 5.82 Å². The fourth-order valence-corrected chi connectivity index (χ4v) is 3.50. The molecule has 0 atom stereocenters. The Morgan fingerprint density at radius 1 is 0.892 bits per heavy atom. The van der Waals surface area contributed by atoms with Crippen LogP contribution in [0.1, 0.15) is 95.1 Å². The zero-order valence-electron chi connectivity index (χ0n) is 25.8. The molecule has 0 saturated carbocycles. The van der Waals surface area contributed by atoms with Crippen LogP contribution in [0.25, 0.3) is 0 Å². The third-order valence-electron chi connectivity index (χ3n) is 5.44. The van der Waals surface area contributed by atoms with Gasteiger partial charge in [-0.15, -0.1) is 0 Å². The van der Waals surface area contributed by atoms with E-state index in [-0.39, 0.29) is 5.91 Å². The largest absolute Gasteiger partial charge is 0.355 e. The molecule has 1 aliphatic heterocycles. The third-order valence-corrected chi connectivity index (χ3v) is 5.44. The minimum absolute atomic E-state index is 0.0215. The maximum absolute atomic E-state index is 12.1. The predicted octanol–water partition coefficient (Wildman–Crippen LogP) is 8.23. The zero-order valence-corrected chi connectivity index (χ0v) is 25.8. The Kier molecular flexibility index (Phi) is 21.6. The Hall–Kier alpha value is -3.08. The number of amides is 1. The maximum atomic E-state index is 12.1. The molecule has 0 bridgehead atoms. The monoisotopic (exact) mass is 510 g/mol. The molecular formula is C32H54N4O. The van der Waals surface area contributed by atoms with E-state index in [9.17, 15) is 4.79 Å². The second-order valence-corrected chi connectivity index (χ2v) is 7.28. The third kappa shape index (κ3) is 11.7. The van der Waals surface area contributed by atoms with E-state index in [1.807, 2.05) is 86.6 Å². The number of fused-ring (bicyclic) bond motifs is 1. The topological polar surface area (TPSA) is 50.2 Å². The van der Waals surface area contributed by atoms with Gasteiger partial charge in [-0.25, -0.2) is 4.98 Å². The Labute approximate surface area is 228 Å². The normalized spacial score (nSPS) is 10.5. The molecule has 5 heteroatoms. The lowest BCUT2D eigenvalue weighted by atomic mass is 9.94. The van der Waals surface area contributed by atoms with Crippen molar-refractivity contribution < 1.29 is 4.79 Å². The molecule has 1 aromatic carbocycles. The van der Waals surface area contributed by atoms with Crippen molar-refractivity contribution in [3.8, 4) is 0 Å². The number of aromatic nitrogens is 2. The number of carbonyl (C=O) groups is 1. The van der Waals surface area contributed by atoms with Crippen molar-refractivity contribution in [1.82, 2.24) is 14.9 Å². The SMILES string of the molecule is CC.CC.CC.CC.CCn1cccc1.CNC(=O)c1cccc2c1CN(c1ccc(C)c(C)n1)CC2. The average Bonchev–Trinajstić information content (AvgIpc) is 3.52. The number of carbonyl (C=O) groups excluding carboxylic acids is 1. The molecule has 0 aliphatic carbocycles. The molecule has 3 heterocycles. The summed E-state index contributed by atoms with van der Waals surface area (Å²) in [6.07, 6.45) is 5.05. The summed E-state index contributed by atoms with van der Waals surface area (Å²) < 4.78 is 2.12. The molecule has 0 unspecified atom stereocenters. The van der Waals surface area contributed by atoms with Gasteiger partial charge in [-0.1, -0.05) is 73.6 Å². The second-order valence-electron chi connectivity index (χ2n) is 7.28. The van der Waals surface area contributed by atoms with Crippen molar-refractivity contribution in [2.24, 2.45) is 0 Å². The quantitative estimate of drug-likeness (QED) is 0.386. The standard InChI is InChI=1S/C18H21N3O.C6H9N.4C2H6/c1-12-7-8-17(20-13(12)2)21-10-9-14-5-4-6-15(16(14)11-21)18(22)19-3;1-2-7-5-3-4-6-7;4*1-2/h4-8H,9-11H2,1-3H3,(H,19,22);3-6H,2H2,1H3;4*1-2H3. The predicted molar refractivity (Wildman–Crippen MR) is 164 cm³/mol. The number of nitrogens with one attached hydrogen (secondary N) is 1. The second kappa shape index (κ2) is 22.1. The first kappa shape index (κ1) is 36.1. The summed E-state index contributed by atoms with van der Waals surface area (Å²) in [4.78, 5) is 19.0. The van der Waals surface area contributed by atoms with E-state index in [0.717, 1.165) is 48.7 Å². The molecule has 1 aliphatic rings. The van der Waals surface area contributed by atoms with Crippen LogP contribution in [-0.2, 0) is 19.5 Å². The van der Waals surface area contributed by atoms with Crippen molar-refractivity contribution in [2.45, 2.75) is 95.7 Å². The van der Waals surface area contributed by atoms with Crippen LogP contribution in [0.2, 0.25) is 0 Å². The van der Waals surface area contributed by atoms with Crippen LogP contribution in [0.15, 0.2) is 54.9 Å². The first-order chi connectivity index (χ1) is 18.0. The molecule has 3 aromatic rings. The lowest BCUT2D eigenvalue weighted by Crippen LogP contribution is -2.33. The number of anilines is 1. The molecule has 4 rings (SSSR count). The average molecular weight is 511 g/mol. The minimum atomic E-state index is -0.0215. The van der Waals surface area contributed by atoms with Gasteiger partial charge in [-0.2, -0.15) is 0 Å². The smallest absolute Gasteiger partial charge is 0.251 e. The summed E-state index contributed by atoms with van der Waals surface area (Å²) in [6, 6.07) is 14.2. The number of benzene rings is 1. The van der Waals surface area contributed by atoms with Crippen LogP contribution in [0.3, 0.4) is 0 Å². The summed E-state index contributed by atoms with van der Waals surface area (Å²) in [7, 11) is 1.67. The molecule has 0 saturated heterocycles. The summed E-state index contributed by atoms with van der Waals surface area (Å²) in [5.41, 5.74) is 5.41. The lowest BCUT2D eigenvalue weighted by molar-refractivity contribution is 0.0962. The molecule has 2 aromatic heterocycles. The molecule has 0 fully saturated rings. The van der Waals surface area contributed by atoms with E-state index in [2.05, 4.69) is 64.2 Å². The van der Waals surface area contributed by atoms with Gasteiger partial charge in [0.15, 0.2) is 0 Å². The molecule has 0 spiro atoms. The van der Waals surface area contributed by atoms with Gasteiger partial charge in [0.2, 0.25) is 0 Å². The van der Waals surface area contributed by atoms with Crippen molar-refractivity contribution in [3.63, 3.8) is 0 Å². The number of pyridine rings is 1. The fraction of sp³-hybridized carbons (Fsp3) is 0.500. The zero-order chi connectivity index (χ0) is 28.8. The Morgan fingerprint density at radius 3 is 1.97 bits per heavy atom. The van der Waals surface area contributed by atoms with Crippen LogP contribution in [0, 0.1) is 13.8 Å². The van der Waals surface area contributed by atoms with E-state index in [1.165, 1.54) is 11.1 Å². The molecule has 1 N–H and O–H groups in total. The highest BCUT2D eigenvalue weighted by atomic mass is 16.1. The number of hydrogen-bond donors (Lipinski definition) is 1. The molecule has 1 amide bonds. The Morgan fingerprint density at radius 2 is 1.49 bits per heavy atom. The Bertz CT molecular complexity index is 965. The Balaban J connectivity index is 0. The molecule has 5 nitrogen and oxygen atoms in total. The van der Waals surface area contributed by atoms with Gasteiger partial charge in [-0.05, 0) is 68.1 Å². The highest BCUT2D eigenvalue weighted by Crippen LogP contribution is 2.26. The number of hydrogen-bond acceptors (Lipinski definition) is 3. The van der Waals surface area contributed by atoms with Gasteiger partial charge in [0.25, 0.3) is 5.91 Å². The summed E-state index contributed by atoms with van der Waals surface area (Å²) >= 11 is 0. The van der Waals surface area contributed by atoms with E-state index in [4.69, 9.17) is 0 Å². The number of nitrogens with zero attached hydrogens (tertiary/aromatic N) is 3. The van der Waals surface area contributed by atoms with Crippen LogP contribution < -0.4 is 10.2 Å². The summed E-state index contributed by atoms with van der Waals surface area (Å²) in [6.45, 7) is 25.0. The van der Waals surface area contributed by atoms with Crippen LogP contribution in [-0.4, -0.2) is 29.1 Å². The van der Waals surface area contributed by atoms with Gasteiger partial charge >= 0.3 is 0 Å². The first-order valence-corrected chi connectivity index (χ1v) is 14.2. The molecule has 37 heavy (non-hydrogen) atoms. The van der Waals surface area contributed by atoms with Crippen molar-refractivity contribution >= 4 is 11.7 Å². The minimum Gasteiger partial charge on any atom is -0.355 e. The van der Waals surface area contributed by atoms with Gasteiger partial charge in [0, 0.05) is 50.3 Å². The van der Waals surface area contributed by atoms with Gasteiger partial charge in [0.1, 0.15) is 5.82 Å². The molecule has 0 radical (unpaired) electrons. The van der Waals surface area contributed by atoms with Crippen LogP contribution in [0.5, 0.6) is 0 Å². The van der Waals surface area contributed by atoms with Crippen molar-refractivity contribution in [1.29, 1.82) is 0 Å². The van der Waals surface area contributed by atoms with E-state index in [0.29, 0.717) is 0 Å². The lowest BCUT2D eigenvalue weighted by Gasteiger charge is -2.31. The highest BCUT2D eigenvalue weighted by molar-refractivity contribution is 5.96. The number of aryl methyl sites for hydroxylation is 3. The van der Waals surface area contributed by atoms with E-state index >= 15 is 0 Å². The summed E-state index contributed by atoms with van der Waals surface area (Å²) in [5.74, 6) is 0.965. The van der Waals surface area contributed by atoms with Crippen LogP contribution >= 0.6 is 0 Å². The van der Waals surface area contributed by atoms with Crippen molar-refractivity contribution in [3.05, 3.63) is 82.8 Å². The first-order valence-electron chi connectivity index (χ1n) is 14.2.